The van der Waals surface area contributed by atoms with Crippen LogP contribution in [0.3, 0.4) is 0 Å². The van der Waals surface area contributed by atoms with Crippen molar-refractivity contribution >= 4 is 21.6 Å². The Hall–Kier alpha value is -1.41. The number of aromatic nitrogens is 2. The van der Waals surface area contributed by atoms with Gasteiger partial charge in [-0.2, -0.15) is 9.40 Å². The van der Waals surface area contributed by atoms with Gasteiger partial charge >= 0.3 is 0 Å². The van der Waals surface area contributed by atoms with Crippen molar-refractivity contribution in [2.45, 2.75) is 25.3 Å². The number of benzene rings is 1. The average Bonchev–Trinajstić information content (AvgIpc) is 2.82. The molecule has 2 heterocycles. The highest BCUT2D eigenvalue weighted by atomic mass is 35.5. The van der Waals surface area contributed by atoms with Gasteiger partial charge in [0.05, 0.1) is 10.6 Å². The molecule has 3 rings (SSSR count). The molecule has 136 valence electrons. The highest BCUT2D eigenvalue weighted by Gasteiger charge is 2.29. The van der Waals surface area contributed by atoms with Gasteiger partial charge in [0.1, 0.15) is 0 Å². The second-order valence-corrected chi connectivity index (χ2v) is 8.78. The molecule has 1 aromatic heterocycles. The van der Waals surface area contributed by atoms with Crippen LogP contribution >= 0.6 is 11.6 Å². The number of nitrogens with zero attached hydrogens (tertiary/aromatic N) is 4. The molecule has 1 aliphatic heterocycles. The van der Waals surface area contributed by atoms with Gasteiger partial charge in [-0.25, -0.2) is 8.42 Å². The van der Waals surface area contributed by atoms with E-state index in [4.69, 9.17) is 11.6 Å². The van der Waals surface area contributed by atoms with Crippen LogP contribution in [-0.4, -0.2) is 53.6 Å². The summed E-state index contributed by atoms with van der Waals surface area (Å²) < 4.78 is 28.9. The lowest BCUT2D eigenvalue weighted by Gasteiger charge is -2.34. The Labute approximate surface area is 154 Å². The van der Waals surface area contributed by atoms with Crippen molar-refractivity contribution in [1.29, 1.82) is 0 Å². The zero-order valence-electron chi connectivity index (χ0n) is 14.7. The molecule has 1 aromatic carbocycles. The van der Waals surface area contributed by atoms with Crippen molar-refractivity contribution in [2.75, 3.05) is 26.2 Å². The fourth-order valence-corrected chi connectivity index (χ4v) is 4.70. The largest absolute Gasteiger partial charge is 0.296 e. The summed E-state index contributed by atoms with van der Waals surface area (Å²) in [6, 6.07) is 6.34. The number of aryl methyl sites for hydroxylation is 2. The van der Waals surface area contributed by atoms with Gasteiger partial charge in [0.2, 0.25) is 10.0 Å². The quantitative estimate of drug-likeness (QED) is 0.813. The van der Waals surface area contributed by atoms with Crippen molar-refractivity contribution < 1.29 is 8.42 Å². The Kier molecular flexibility index (Phi) is 5.20. The molecule has 0 unspecified atom stereocenters. The number of hydrogen-bond donors (Lipinski definition) is 0. The minimum Gasteiger partial charge on any atom is -0.296 e. The summed E-state index contributed by atoms with van der Waals surface area (Å²) in [5.74, 6) is 0. The Balaban J connectivity index is 1.66. The molecule has 8 heteroatoms. The van der Waals surface area contributed by atoms with Gasteiger partial charge in [0.15, 0.2) is 0 Å². The smallest absolute Gasteiger partial charge is 0.243 e. The summed E-state index contributed by atoms with van der Waals surface area (Å²) >= 11 is 5.85. The molecule has 0 spiro atoms. The van der Waals surface area contributed by atoms with Crippen LogP contribution in [0, 0.1) is 13.8 Å². The third-order valence-electron chi connectivity index (χ3n) is 4.82. The second kappa shape index (κ2) is 7.07. The van der Waals surface area contributed by atoms with Crippen LogP contribution in [0.25, 0.3) is 0 Å². The van der Waals surface area contributed by atoms with Crippen LogP contribution in [0.2, 0.25) is 5.02 Å². The van der Waals surface area contributed by atoms with Crippen molar-refractivity contribution in [1.82, 2.24) is 19.0 Å². The third kappa shape index (κ3) is 3.74. The van der Waals surface area contributed by atoms with Crippen molar-refractivity contribution in [3.63, 3.8) is 0 Å². The Morgan fingerprint density at radius 3 is 2.20 bits per heavy atom. The normalized spacial score (nSPS) is 17.1. The molecule has 2 aromatic rings. The Bertz CT molecular complexity index is 854. The summed E-state index contributed by atoms with van der Waals surface area (Å²) in [5.41, 5.74) is 3.43. The molecule has 0 bridgehead atoms. The van der Waals surface area contributed by atoms with E-state index in [0.29, 0.717) is 36.1 Å². The van der Waals surface area contributed by atoms with Crippen molar-refractivity contribution in [3.8, 4) is 0 Å². The van der Waals surface area contributed by atoms with E-state index in [2.05, 4.69) is 16.9 Å². The topological polar surface area (TPSA) is 58.4 Å². The maximum atomic E-state index is 12.7. The zero-order chi connectivity index (χ0) is 18.2. The van der Waals surface area contributed by atoms with Crippen LogP contribution in [0.15, 0.2) is 29.2 Å². The predicted octanol–water partition coefficient (Wildman–Crippen LogP) is 2.20. The summed E-state index contributed by atoms with van der Waals surface area (Å²) in [7, 11) is -1.51. The molecule has 0 N–H and O–H groups in total. The number of sulfonamides is 1. The molecule has 0 aliphatic carbocycles. The molecular formula is C17H23ClN4O2S. The van der Waals surface area contributed by atoms with Gasteiger partial charge in [-0.3, -0.25) is 9.58 Å². The molecule has 0 amide bonds. The van der Waals surface area contributed by atoms with Crippen LogP contribution in [0.1, 0.15) is 17.0 Å². The van der Waals surface area contributed by atoms with Crippen molar-refractivity contribution in [3.05, 3.63) is 46.2 Å². The SMILES string of the molecule is Cc1nn(C)c(C)c1CN1CCN(S(=O)(=O)c2ccc(Cl)cc2)CC1. The maximum Gasteiger partial charge on any atom is 0.243 e. The molecule has 25 heavy (non-hydrogen) atoms. The van der Waals surface area contributed by atoms with E-state index in [-0.39, 0.29) is 0 Å². The van der Waals surface area contributed by atoms with Gasteiger partial charge in [-0.05, 0) is 38.1 Å². The summed E-state index contributed by atoms with van der Waals surface area (Å²) in [5, 5.41) is 4.98. The average molecular weight is 383 g/mol. The Morgan fingerprint density at radius 2 is 1.68 bits per heavy atom. The van der Waals surface area contributed by atoms with E-state index in [0.717, 1.165) is 17.9 Å². The standard InChI is InChI=1S/C17H23ClN4O2S/c1-13-17(14(2)20(3)19-13)12-21-8-10-22(11-9-21)25(23,24)16-6-4-15(18)5-7-16/h4-7H,8-12H2,1-3H3. The van der Waals surface area contributed by atoms with Gasteiger partial charge in [-0.1, -0.05) is 11.6 Å². The van der Waals surface area contributed by atoms with Gasteiger partial charge in [-0.15, -0.1) is 0 Å². The van der Waals surface area contributed by atoms with E-state index in [9.17, 15) is 8.42 Å². The van der Waals surface area contributed by atoms with Crippen molar-refractivity contribution in [2.24, 2.45) is 7.05 Å². The van der Waals surface area contributed by atoms with Crippen LogP contribution < -0.4 is 0 Å². The molecule has 1 fully saturated rings. The highest BCUT2D eigenvalue weighted by Crippen LogP contribution is 2.21. The molecular weight excluding hydrogens is 360 g/mol. The van der Waals surface area contributed by atoms with Gasteiger partial charge in [0.25, 0.3) is 0 Å². The molecule has 0 radical (unpaired) electrons. The van der Waals surface area contributed by atoms with E-state index in [1.807, 2.05) is 18.7 Å². The molecule has 0 saturated carbocycles. The lowest BCUT2D eigenvalue weighted by atomic mass is 10.1. The molecule has 6 nitrogen and oxygen atoms in total. The minimum atomic E-state index is -3.46. The van der Waals surface area contributed by atoms with E-state index in [1.54, 1.807) is 28.6 Å². The highest BCUT2D eigenvalue weighted by molar-refractivity contribution is 7.89. The number of hydrogen-bond acceptors (Lipinski definition) is 4. The van der Waals surface area contributed by atoms with Crippen LogP contribution in [0.4, 0.5) is 0 Å². The zero-order valence-corrected chi connectivity index (χ0v) is 16.3. The van der Waals surface area contributed by atoms with E-state index in [1.165, 1.54) is 5.56 Å². The first kappa shape index (κ1) is 18.4. The fourth-order valence-electron chi connectivity index (χ4n) is 3.15. The first-order valence-electron chi connectivity index (χ1n) is 8.26. The monoisotopic (exact) mass is 382 g/mol. The molecule has 1 saturated heterocycles. The number of piperazine rings is 1. The van der Waals surface area contributed by atoms with Crippen LogP contribution in [-0.2, 0) is 23.6 Å². The molecule has 1 aliphatic rings. The fraction of sp³-hybridized carbons (Fsp3) is 0.471. The van der Waals surface area contributed by atoms with E-state index < -0.39 is 10.0 Å². The van der Waals surface area contributed by atoms with Gasteiger partial charge < -0.3 is 0 Å². The summed E-state index contributed by atoms with van der Waals surface area (Å²) in [4.78, 5) is 2.58. The summed E-state index contributed by atoms with van der Waals surface area (Å²) in [6.07, 6.45) is 0. The van der Waals surface area contributed by atoms with E-state index >= 15 is 0 Å². The second-order valence-electron chi connectivity index (χ2n) is 6.41. The van der Waals surface area contributed by atoms with Gasteiger partial charge in [0, 0.05) is 56.1 Å². The third-order valence-corrected chi connectivity index (χ3v) is 6.99. The first-order valence-corrected chi connectivity index (χ1v) is 10.1. The maximum absolute atomic E-state index is 12.7. The number of rotatable bonds is 4. The summed E-state index contributed by atoms with van der Waals surface area (Å²) in [6.45, 7) is 7.29. The lowest BCUT2D eigenvalue weighted by Crippen LogP contribution is -2.48. The Morgan fingerprint density at radius 1 is 1.08 bits per heavy atom. The predicted molar refractivity (Wildman–Crippen MR) is 98.2 cm³/mol. The number of halogens is 1. The molecule has 0 atom stereocenters. The lowest BCUT2D eigenvalue weighted by molar-refractivity contribution is 0.181. The first-order chi connectivity index (χ1) is 11.8. The van der Waals surface area contributed by atoms with Crippen LogP contribution in [0.5, 0.6) is 0 Å². The minimum absolute atomic E-state index is 0.296.